The second kappa shape index (κ2) is 8.26. The number of benzene rings is 1. The molecule has 24 heavy (non-hydrogen) atoms. The molecule has 1 aromatic rings. The minimum absolute atomic E-state index is 0.0156. The molecule has 7 heteroatoms. The third-order valence-electron chi connectivity index (χ3n) is 3.47. The van der Waals surface area contributed by atoms with Gasteiger partial charge in [0, 0.05) is 0 Å². The van der Waals surface area contributed by atoms with Crippen molar-refractivity contribution >= 4 is 5.97 Å². The maximum absolute atomic E-state index is 12.5. The normalized spacial score (nSPS) is 12.0. The topological polar surface area (TPSA) is 44.8 Å². The van der Waals surface area contributed by atoms with Gasteiger partial charge in [-0.2, -0.15) is 0 Å². The number of methoxy groups -OCH3 is 1. The Hall–Kier alpha value is -1.92. The van der Waals surface area contributed by atoms with Crippen molar-refractivity contribution < 1.29 is 32.2 Å². The maximum atomic E-state index is 12.5. The van der Waals surface area contributed by atoms with Crippen LogP contribution in [0.15, 0.2) is 18.2 Å². The van der Waals surface area contributed by atoms with Gasteiger partial charge in [-0.15, -0.1) is 13.2 Å². The van der Waals surface area contributed by atoms with Crippen molar-refractivity contribution in [3.05, 3.63) is 23.8 Å². The van der Waals surface area contributed by atoms with Gasteiger partial charge in [0.05, 0.1) is 20.1 Å². The Morgan fingerprint density at radius 1 is 1.17 bits per heavy atom. The Kier molecular flexibility index (Phi) is 6.93. The van der Waals surface area contributed by atoms with E-state index in [1.54, 1.807) is 13.0 Å². The Bertz CT molecular complexity index is 553. The number of ether oxygens (including phenoxy) is 3. The highest BCUT2D eigenvalue weighted by Gasteiger charge is 2.32. The third-order valence-corrected chi connectivity index (χ3v) is 3.47. The summed E-state index contributed by atoms with van der Waals surface area (Å²) in [7, 11) is 1.28. The van der Waals surface area contributed by atoms with Crippen LogP contribution >= 0.6 is 0 Å². The van der Waals surface area contributed by atoms with Gasteiger partial charge >= 0.3 is 12.3 Å². The van der Waals surface area contributed by atoms with E-state index in [0.29, 0.717) is 25.0 Å². The predicted molar refractivity (Wildman–Crippen MR) is 83.0 cm³/mol. The minimum Gasteiger partial charge on any atom is -0.493 e. The second-order valence-electron chi connectivity index (χ2n) is 6.18. The molecule has 0 aliphatic heterocycles. The monoisotopic (exact) mass is 348 g/mol. The average Bonchev–Trinajstić information content (AvgIpc) is 2.43. The Morgan fingerprint density at radius 3 is 2.38 bits per heavy atom. The van der Waals surface area contributed by atoms with Crippen molar-refractivity contribution in [1.82, 2.24) is 0 Å². The number of hydrogen-bond donors (Lipinski definition) is 0. The van der Waals surface area contributed by atoms with Crippen LogP contribution in [0.5, 0.6) is 11.5 Å². The molecule has 0 spiro atoms. The van der Waals surface area contributed by atoms with Gasteiger partial charge in [0.1, 0.15) is 0 Å². The highest BCUT2D eigenvalue weighted by molar-refractivity contribution is 5.70. The van der Waals surface area contributed by atoms with Gasteiger partial charge in [-0.1, -0.05) is 19.9 Å². The lowest BCUT2D eigenvalue weighted by Gasteiger charge is -2.23. The quantitative estimate of drug-likeness (QED) is 0.649. The number of alkyl halides is 3. The SMILES string of the molecule is CCOC(=O)CC(C)(C)CCc1ccc(OC)c(OC(F)(F)F)c1. The molecule has 0 N–H and O–H groups in total. The Balaban J connectivity index is 2.77. The molecule has 136 valence electrons. The van der Waals surface area contributed by atoms with Crippen LogP contribution in [-0.2, 0) is 16.0 Å². The molecule has 0 bridgehead atoms. The molecule has 0 saturated heterocycles. The van der Waals surface area contributed by atoms with Gasteiger partial charge in [0.2, 0.25) is 0 Å². The summed E-state index contributed by atoms with van der Waals surface area (Å²) in [6.07, 6.45) is -3.41. The molecule has 0 radical (unpaired) electrons. The molecule has 0 aliphatic carbocycles. The van der Waals surface area contributed by atoms with E-state index in [0.717, 1.165) is 0 Å². The van der Waals surface area contributed by atoms with E-state index in [2.05, 4.69) is 4.74 Å². The van der Waals surface area contributed by atoms with E-state index < -0.39 is 6.36 Å². The number of carbonyl (C=O) groups excluding carboxylic acids is 1. The predicted octanol–water partition coefficient (Wildman–Crippen LogP) is 4.51. The first kappa shape index (κ1) is 20.1. The van der Waals surface area contributed by atoms with Gasteiger partial charge < -0.3 is 14.2 Å². The van der Waals surface area contributed by atoms with Crippen LogP contribution < -0.4 is 9.47 Å². The number of esters is 1. The van der Waals surface area contributed by atoms with Crippen LogP contribution in [-0.4, -0.2) is 26.0 Å². The summed E-state index contributed by atoms with van der Waals surface area (Å²) in [5.74, 6) is -0.633. The van der Waals surface area contributed by atoms with E-state index in [4.69, 9.17) is 9.47 Å². The van der Waals surface area contributed by atoms with Crippen molar-refractivity contribution in [1.29, 1.82) is 0 Å². The van der Waals surface area contributed by atoms with Crippen LogP contribution in [0.25, 0.3) is 0 Å². The van der Waals surface area contributed by atoms with Gasteiger partial charge in [0.15, 0.2) is 11.5 Å². The summed E-state index contributed by atoms with van der Waals surface area (Å²) in [5, 5.41) is 0. The standard InChI is InChI=1S/C17H23F3O4/c1-5-23-15(21)11-16(2,3)9-8-12-6-7-13(22-4)14(10-12)24-17(18,19)20/h6-7,10H,5,8-9,11H2,1-4H3. The highest BCUT2D eigenvalue weighted by atomic mass is 19.4. The van der Waals surface area contributed by atoms with E-state index in [1.165, 1.54) is 19.2 Å². The largest absolute Gasteiger partial charge is 0.573 e. The summed E-state index contributed by atoms with van der Waals surface area (Å²) >= 11 is 0. The van der Waals surface area contributed by atoms with Gasteiger partial charge in [-0.05, 0) is 42.9 Å². The fourth-order valence-corrected chi connectivity index (χ4v) is 2.25. The van der Waals surface area contributed by atoms with E-state index >= 15 is 0 Å². The second-order valence-corrected chi connectivity index (χ2v) is 6.18. The lowest BCUT2D eigenvalue weighted by Crippen LogP contribution is -2.20. The van der Waals surface area contributed by atoms with Crippen LogP contribution in [0.4, 0.5) is 13.2 Å². The first-order valence-corrected chi connectivity index (χ1v) is 7.64. The average molecular weight is 348 g/mol. The van der Waals surface area contributed by atoms with E-state index in [-0.39, 0.29) is 29.3 Å². The number of halogens is 3. The van der Waals surface area contributed by atoms with Crippen molar-refractivity contribution in [2.75, 3.05) is 13.7 Å². The van der Waals surface area contributed by atoms with Gasteiger partial charge in [-0.3, -0.25) is 4.79 Å². The zero-order valence-corrected chi connectivity index (χ0v) is 14.3. The number of hydrogen-bond acceptors (Lipinski definition) is 4. The summed E-state index contributed by atoms with van der Waals surface area (Å²) in [4.78, 5) is 11.6. The third kappa shape index (κ3) is 7.10. The molecule has 0 fully saturated rings. The van der Waals surface area contributed by atoms with E-state index in [9.17, 15) is 18.0 Å². The van der Waals surface area contributed by atoms with Crippen molar-refractivity contribution in [2.45, 2.75) is 46.4 Å². The fourth-order valence-electron chi connectivity index (χ4n) is 2.25. The summed E-state index contributed by atoms with van der Waals surface area (Å²) < 4.78 is 51.2. The lowest BCUT2D eigenvalue weighted by molar-refractivity contribution is -0.275. The molecule has 0 saturated carbocycles. The molecular weight excluding hydrogens is 325 g/mol. The molecule has 4 nitrogen and oxygen atoms in total. The zero-order chi connectivity index (χ0) is 18.4. The summed E-state index contributed by atoms with van der Waals surface area (Å²) in [6, 6.07) is 4.43. The van der Waals surface area contributed by atoms with Crippen LogP contribution in [0.2, 0.25) is 0 Å². The molecule has 0 aromatic heterocycles. The maximum Gasteiger partial charge on any atom is 0.573 e. The zero-order valence-electron chi connectivity index (χ0n) is 14.3. The first-order valence-electron chi connectivity index (χ1n) is 7.64. The van der Waals surface area contributed by atoms with Crippen molar-refractivity contribution in [3.63, 3.8) is 0 Å². The number of rotatable bonds is 8. The Labute approximate surface area is 139 Å². The van der Waals surface area contributed by atoms with Crippen LogP contribution in [0, 0.1) is 5.41 Å². The Morgan fingerprint density at radius 2 is 1.83 bits per heavy atom. The fraction of sp³-hybridized carbons (Fsp3) is 0.588. The molecule has 1 aromatic carbocycles. The molecule has 0 atom stereocenters. The molecular formula is C17H23F3O4. The van der Waals surface area contributed by atoms with Gasteiger partial charge in [-0.25, -0.2) is 0 Å². The van der Waals surface area contributed by atoms with Crippen LogP contribution in [0.3, 0.4) is 0 Å². The molecule has 0 aliphatic rings. The molecule has 0 amide bonds. The van der Waals surface area contributed by atoms with Crippen LogP contribution in [0.1, 0.15) is 39.2 Å². The minimum atomic E-state index is -4.78. The highest BCUT2D eigenvalue weighted by Crippen LogP contribution is 2.34. The number of carbonyl (C=O) groups is 1. The first-order chi connectivity index (χ1) is 11.1. The molecule has 1 rings (SSSR count). The number of aryl methyl sites for hydroxylation is 1. The van der Waals surface area contributed by atoms with Crippen molar-refractivity contribution in [2.24, 2.45) is 5.41 Å². The molecule has 0 unspecified atom stereocenters. The van der Waals surface area contributed by atoms with Gasteiger partial charge in [0.25, 0.3) is 0 Å². The van der Waals surface area contributed by atoms with Crippen molar-refractivity contribution in [3.8, 4) is 11.5 Å². The lowest BCUT2D eigenvalue weighted by atomic mass is 9.83. The molecule has 0 heterocycles. The van der Waals surface area contributed by atoms with E-state index in [1.807, 2.05) is 13.8 Å². The smallest absolute Gasteiger partial charge is 0.493 e. The summed E-state index contributed by atoms with van der Waals surface area (Å²) in [5.41, 5.74) is 0.351. The summed E-state index contributed by atoms with van der Waals surface area (Å²) in [6.45, 7) is 5.90.